The molecule has 3 rings (SSSR count). The van der Waals surface area contributed by atoms with E-state index < -0.39 is 0 Å². The van der Waals surface area contributed by atoms with Crippen molar-refractivity contribution in [2.45, 2.75) is 18.8 Å². The summed E-state index contributed by atoms with van der Waals surface area (Å²) < 4.78 is 1.99. The van der Waals surface area contributed by atoms with Gasteiger partial charge in [-0.2, -0.15) is 0 Å². The molecule has 0 saturated heterocycles. The molecule has 2 aromatic rings. The van der Waals surface area contributed by atoms with E-state index in [4.69, 9.17) is 0 Å². The highest BCUT2D eigenvalue weighted by Crippen LogP contribution is 2.40. The van der Waals surface area contributed by atoms with Gasteiger partial charge in [-0.3, -0.25) is 4.79 Å². The summed E-state index contributed by atoms with van der Waals surface area (Å²) >= 11 is 8.43. The monoisotopic (exact) mass is 374 g/mol. The van der Waals surface area contributed by atoms with E-state index in [0.717, 1.165) is 31.7 Å². The average molecular weight is 376 g/mol. The molecule has 3 nitrogen and oxygen atoms in total. The minimum atomic E-state index is -0.0717. The maximum atomic E-state index is 11.6. The van der Waals surface area contributed by atoms with Gasteiger partial charge >= 0.3 is 0 Å². The van der Waals surface area contributed by atoms with Gasteiger partial charge in [0.2, 0.25) is 0 Å². The van der Waals surface area contributed by atoms with Crippen molar-refractivity contribution in [1.29, 1.82) is 0 Å². The second-order valence-corrected chi connectivity index (χ2v) is 7.25. The summed E-state index contributed by atoms with van der Waals surface area (Å²) in [6.45, 7) is 0. The maximum Gasteiger partial charge on any atom is 0.251 e. The van der Waals surface area contributed by atoms with Crippen molar-refractivity contribution in [3.63, 3.8) is 0 Å². The third-order valence-corrected chi connectivity index (χ3v) is 5.90. The number of hydrogen-bond acceptors (Lipinski definition) is 3. The lowest BCUT2D eigenvalue weighted by Gasteiger charge is -2.00. The molecule has 0 aromatic carbocycles. The number of H-pyrrole nitrogens is 1. The number of aromatic amines is 1. The summed E-state index contributed by atoms with van der Waals surface area (Å²) in [4.78, 5) is 19.9. The molecular weight excluding hydrogens is 368 g/mol. The molecule has 0 aliphatic heterocycles. The average Bonchev–Trinajstić information content (AvgIpc) is 3.06. The molecule has 0 spiro atoms. The number of nitrogens with zero attached hydrogens (tertiary/aromatic N) is 1. The number of thiophene rings is 1. The van der Waals surface area contributed by atoms with Crippen molar-refractivity contribution >= 4 is 43.2 Å². The van der Waals surface area contributed by atoms with E-state index in [-0.39, 0.29) is 5.56 Å². The van der Waals surface area contributed by atoms with Gasteiger partial charge in [0, 0.05) is 16.5 Å². The van der Waals surface area contributed by atoms with Crippen LogP contribution >= 0.6 is 43.2 Å². The first-order valence-electron chi connectivity index (χ1n) is 5.20. The van der Waals surface area contributed by atoms with Gasteiger partial charge in [0.05, 0.1) is 14.4 Å². The number of nitrogens with one attached hydrogen (secondary N) is 1. The van der Waals surface area contributed by atoms with Gasteiger partial charge in [0.25, 0.3) is 5.56 Å². The fourth-order valence-corrected chi connectivity index (χ4v) is 3.63. The van der Waals surface area contributed by atoms with Crippen molar-refractivity contribution in [3.8, 4) is 10.7 Å². The number of aromatic nitrogens is 2. The summed E-state index contributed by atoms with van der Waals surface area (Å²) in [5, 5.41) is 0. The molecule has 1 saturated carbocycles. The summed E-state index contributed by atoms with van der Waals surface area (Å²) in [5.41, 5.74) is 0.849. The predicted molar refractivity (Wildman–Crippen MR) is 75.5 cm³/mol. The van der Waals surface area contributed by atoms with Crippen LogP contribution in [0.15, 0.2) is 25.2 Å². The van der Waals surface area contributed by atoms with Crippen LogP contribution in [0.4, 0.5) is 0 Å². The van der Waals surface area contributed by atoms with Gasteiger partial charge < -0.3 is 4.98 Å². The van der Waals surface area contributed by atoms with Crippen LogP contribution in [0.25, 0.3) is 10.7 Å². The molecule has 0 atom stereocenters. The largest absolute Gasteiger partial charge is 0.306 e. The molecule has 1 fully saturated rings. The number of halogens is 2. The maximum absolute atomic E-state index is 11.6. The molecule has 2 aromatic heterocycles. The van der Waals surface area contributed by atoms with Crippen LogP contribution in [-0.2, 0) is 0 Å². The molecule has 0 radical (unpaired) electrons. The molecule has 0 unspecified atom stereocenters. The fraction of sp³-hybridized carbons (Fsp3) is 0.273. The number of rotatable bonds is 2. The fourth-order valence-electron chi connectivity index (χ4n) is 1.64. The van der Waals surface area contributed by atoms with E-state index in [1.54, 1.807) is 17.4 Å². The highest BCUT2D eigenvalue weighted by molar-refractivity contribution is 9.13. The van der Waals surface area contributed by atoms with Crippen molar-refractivity contribution in [2.24, 2.45) is 0 Å². The standard InChI is InChI=1S/C11H8Br2N2OS/c12-6-3-8(17-10(6)13)11-14-7(5-1-2-5)4-9(16)15-11/h3-5H,1-2H2,(H,14,15,16). The Morgan fingerprint density at radius 2 is 2.12 bits per heavy atom. The first-order chi connectivity index (χ1) is 8.13. The van der Waals surface area contributed by atoms with E-state index in [0.29, 0.717) is 11.7 Å². The summed E-state index contributed by atoms with van der Waals surface area (Å²) in [7, 11) is 0. The Labute approximate surface area is 119 Å². The molecular formula is C11H8Br2N2OS. The van der Waals surface area contributed by atoms with Crippen LogP contribution < -0.4 is 5.56 Å². The quantitative estimate of drug-likeness (QED) is 0.865. The first kappa shape index (κ1) is 11.6. The third-order valence-electron chi connectivity index (χ3n) is 2.64. The Hall–Kier alpha value is -0.460. The highest BCUT2D eigenvalue weighted by Gasteiger charge is 2.26. The summed E-state index contributed by atoms with van der Waals surface area (Å²) in [6.07, 6.45) is 2.29. The molecule has 88 valence electrons. The minimum Gasteiger partial charge on any atom is -0.306 e. The normalized spacial score (nSPS) is 15.2. The molecule has 1 N–H and O–H groups in total. The van der Waals surface area contributed by atoms with E-state index in [9.17, 15) is 4.79 Å². The Balaban J connectivity index is 2.10. The van der Waals surface area contributed by atoms with E-state index in [1.807, 2.05) is 6.07 Å². The van der Waals surface area contributed by atoms with E-state index >= 15 is 0 Å². The predicted octanol–water partition coefficient (Wildman–Crippen LogP) is 3.90. The molecule has 0 amide bonds. The van der Waals surface area contributed by atoms with Gasteiger partial charge in [-0.15, -0.1) is 11.3 Å². The van der Waals surface area contributed by atoms with Crippen molar-refractivity contribution < 1.29 is 0 Å². The van der Waals surface area contributed by atoms with Crippen LogP contribution in [0.3, 0.4) is 0 Å². The molecule has 0 bridgehead atoms. The molecule has 6 heteroatoms. The SMILES string of the molecule is O=c1cc(C2CC2)nc(-c2cc(Br)c(Br)s2)[nH]1. The van der Waals surface area contributed by atoms with Crippen LogP contribution in [-0.4, -0.2) is 9.97 Å². The van der Waals surface area contributed by atoms with Gasteiger partial charge in [-0.1, -0.05) is 0 Å². The molecule has 17 heavy (non-hydrogen) atoms. The minimum absolute atomic E-state index is 0.0717. The molecule has 2 heterocycles. The van der Waals surface area contributed by atoms with E-state index in [1.165, 1.54) is 0 Å². The van der Waals surface area contributed by atoms with Crippen LogP contribution in [0.2, 0.25) is 0 Å². The van der Waals surface area contributed by atoms with Crippen LogP contribution in [0, 0.1) is 0 Å². The lowest BCUT2D eigenvalue weighted by Crippen LogP contribution is -2.09. The lowest BCUT2D eigenvalue weighted by molar-refractivity contribution is 0.979. The van der Waals surface area contributed by atoms with Crippen molar-refractivity contribution in [1.82, 2.24) is 9.97 Å². The molecule has 1 aliphatic carbocycles. The topological polar surface area (TPSA) is 45.8 Å². The zero-order valence-corrected chi connectivity index (χ0v) is 12.7. The highest BCUT2D eigenvalue weighted by atomic mass is 79.9. The van der Waals surface area contributed by atoms with Gasteiger partial charge in [-0.05, 0) is 50.8 Å². The number of hydrogen-bond donors (Lipinski definition) is 1. The smallest absolute Gasteiger partial charge is 0.251 e. The van der Waals surface area contributed by atoms with Crippen LogP contribution in [0.1, 0.15) is 24.5 Å². The Morgan fingerprint density at radius 3 is 2.71 bits per heavy atom. The van der Waals surface area contributed by atoms with Crippen molar-refractivity contribution in [2.75, 3.05) is 0 Å². The van der Waals surface area contributed by atoms with E-state index in [2.05, 4.69) is 41.8 Å². The van der Waals surface area contributed by atoms with Crippen LogP contribution in [0.5, 0.6) is 0 Å². The first-order valence-corrected chi connectivity index (χ1v) is 7.60. The second-order valence-electron chi connectivity index (χ2n) is 4.03. The second kappa shape index (κ2) is 4.33. The third kappa shape index (κ3) is 2.39. The Kier molecular flexibility index (Phi) is 2.96. The summed E-state index contributed by atoms with van der Waals surface area (Å²) in [6, 6.07) is 3.57. The van der Waals surface area contributed by atoms with Gasteiger partial charge in [-0.25, -0.2) is 4.98 Å². The molecule has 1 aliphatic rings. The Morgan fingerprint density at radius 1 is 1.35 bits per heavy atom. The summed E-state index contributed by atoms with van der Waals surface area (Å²) in [5.74, 6) is 1.15. The van der Waals surface area contributed by atoms with Gasteiger partial charge in [0.15, 0.2) is 5.82 Å². The zero-order chi connectivity index (χ0) is 12.0. The Bertz CT molecular complexity index is 611. The van der Waals surface area contributed by atoms with Gasteiger partial charge in [0.1, 0.15) is 0 Å². The van der Waals surface area contributed by atoms with Crippen molar-refractivity contribution in [3.05, 3.63) is 36.4 Å². The lowest BCUT2D eigenvalue weighted by atomic mass is 10.3. The zero-order valence-electron chi connectivity index (χ0n) is 8.67.